The molecular weight excluding hydrogens is 515 g/mol. The van der Waals surface area contributed by atoms with Crippen LogP contribution >= 0.6 is 24.0 Å². The first-order valence-electron chi connectivity index (χ1n) is 11.2. The number of amides is 1. The molecule has 0 bridgehead atoms. The van der Waals surface area contributed by atoms with E-state index in [9.17, 15) is 4.79 Å². The van der Waals surface area contributed by atoms with E-state index in [1.807, 2.05) is 24.3 Å². The molecule has 2 fully saturated rings. The maximum Gasteiger partial charge on any atom is 0.251 e. The molecule has 6 nitrogen and oxygen atoms in total. The number of carbonyl (C=O) groups is 1. The molecule has 2 aliphatic rings. The highest BCUT2D eigenvalue weighted by Gasteiger charge is 2.43. The molecule has 2 aromatic carbocycles. The summed E-state index contributed by atoms with van der Waals surface area (Å²) in [5.74, 6) is 0.717. The van der Waals surface area contributed by atoms with E-state index in [1.54, 1.807) is 7.05 Å². The van der Waals surface area contributed by atoms with Gasteiger partial charge in [0.15, 0.2) is 5.96 Å². The summed E-state index contributed by atoms with van der Waals surface area (Å²) in [6.45, 7) is 2.83. The molecule has 1 atom stereocenters. The average Bonchev–Trinajstić information content (AvgIpc) is 3.43. The van der Waals surface area contributed by atoms with Gasteiger partial charge in [0, 0.05) is 44.3 Å². The summed E-state index contributed by atoms with van der Waals surface area (Å²) in [4.78, 5) is 16.8. The highest BCUT2D eigenvalue weighted by Crippen LogP contribution is 2.47. The molecule has 0 spiro atoms. The molecule has 172 valence electrons. The van der Waals surface area contributed by atoms with E-state index in [0.29, 0.717) is 18.7 Å². The summed E-state index contributed by atoms with van der Waals surface area (Å²) in [5, 5.41) is 9.83. The SMILES string of the molecule is CN=C(NCc1cccc(C(=O)NCC2CCCO2)c1)NCC1(c2ccccc2)CC1.I. The topological polar surface area (TPSA) is 74.8 Å². The largest absolute Gasteiger partial charge is 0.376 e. The summed E-state index contributed by atoms with van der Waals surface area (Å²) in [6.07, 6.45) is 4.63. The Balaban J connectivity index is 0.00000289. The zero-order valence-corrected chi connectivity index (χ0v) is 20.9. The van der Waals surface area contributed by atoms with Gasteiger partial charge in [-0.3, -0.25) is 9.79 Å². The van der Waals surface area contributed by atoms with Crippen LogP contribution in [0.2, 0.25) is 0 Å². The molecule has 3 N–H and O–H groups in total. The molecule has 4 rings (SSSR count). The lowest BCUT2D eigenvalue weighted by molar-refractivity contribution is 0.0857. The molecule has 1 aliphatic carbocycles. The van der Waals surface area contributed by atoms with Crippen LogP contribution in [0.4, 0.5) is 0 Å². The normalized spacial score (nSPS) is 19.0. The zero-order valence-electron chi connectivity index (χ0n) is 18.6. The van der Waals surface area contributed by atoms with Crippen LogP contribution in [-0.4, -0.2) is 44.7 Å². The average molecular weight is 548 g/mol. The van der Waals surface area contributed by atoms with Gasteiger partial charge in [-0.1, -0.05) is 42.5 Å². The summed E-state index contributed by atoms with van der Waals surface area (Å²) in [5.41, 5.74) is 3.32. The van der Waals surface area contributed by atoms with Crippen LogP contribution in [0.1, 0.15) is 47.2 Å². The predicted molar refractivity (Wildman–Crippen MR) is 139 cm³/mol. The van der Waals surface area contributed by atoms with Gasteiger partial charge in [0.2, 0.25) is 0 Å². The maximum absolute atomic E-state index is 12.5. The summed E-state index contributed by atoms with van der Waals surface area (Å²) >= 11 is 0. The molecule has 2 aromatic rings. The van der Waals surface area contributed by atoms with Gasteiger partial charge >= 0.3 is 0 Å². The van der Waals surface area contributed by atoms with Crippen LogP contribution in [0.3, 0.4) is 0 Å². The predicted octanol–water partition coefficient (Wildman–Crippen LogP) is 3.61. The summed E-state index contributed by atoms with van der Waals surface area (Å²) in [7, 11) is 1.78. The number of halogens is 1. The first kappa shape index (κ1) is 24.5. The number of hydrogen-bond donors (Lipinski definition) is 3. The van der Waals surface area contributed by atoms with Crippen molar-refractivity contribution in [3.8, 4) is 0 Å². The van der Waals surface area contributed by atoms with Crippen molar-refractivity contribution in [3.63, 3.8) is 0 Å². The van der Waals surface area contributed by atoms with Crippen molar-refractivity contribution < 1.29 is 9.53 Å². The second kappa shape index (κ2) is 11.7. The Labute approximate surface area is 207 Å². The van der Waals surface area contributed by atoms with E-state index in [2.05, 4.69) is 51.3 Å². The van der Waals surface area contributed by atoms with E-state index in [-0.39, 0.29) is 41.4 Å². The Bertz CT molecular complexity index is 909. The standard InChI is InChI=1S/C25H32N4O2.HI/c1-26-24(29-18-25(12-13-25)21-9-3-2-4-10-21)28-16-19-7-5-8-20(15-19)23(30)27-17-22-11-6-14-31-22;/h2-5,7-10,15,22H,6,11-14,16-18H2,1H3,(H,27,30)(H2,26,28,29);1H. The van der Waals surface area contributed by atoms with Gasteiger partial charge in [-0.2, -0.15) is 0 Å². The number of rotatable bonds is 8. The number of nitrogens with zero attached hydrogens (tertiary/aromatic N) is 1. The molecule has 1 unspecified atom stereocenters. The molecule has 0 aromatic heterocycles. The second-order valence-corrected chi connectivity index (χ2v) is 8.47. The lowest BCUT2D eigenvalue weighted by Gasteiger charge is -2.19. The Morgan fingerprint density at radius 1 is 1.09 bits per heavy atom. The number of ether oxygens (including phenoxy) is 1. The monoisotopic (exact) mass is 548 g/mol. The fourth-order valence-electron chi connectivity index (χ4n) is 4.11. The Morgan fingerprint density at radius 2 is 1.91 bits per heavy atom. The van der Waals surface area contributed by atoms with Crippen molar-refractivity contribution >= 4 is 35.8 Å². The van der Waals surface area contributed by atoms with Gasteiger partial charge in [0.25, 0.3) is 5.91 Å². The van der Waals surface area contributed by atoms with E-state index >= 15 is 0 Å². The minimum Gasteiger partial charge on any atom is -0.376 e. The number of carbonyl (C=O) groups excluding carboxylic acids is 1. The fraction of sp³-hybridized carbons (Fsp3) is 0.440. The van der Waals surface area contributed by atoms with E-state index in [4.69, 9.17) is 4.74 Å². The Hall–Kier alpha value is -2.13. The van der Waals surface area contributed by atoms with Crippen LogP contribution in [-0.2, 0) is 16.7 Å². The van der Waals surface area contributed by atoms with Crippen LogP contribution in [0.25, 0.3) is 0 Å². The summed E-state index contributed by atoms with van der Waals surface area (Å²) in [6, 6.07) is 18.4. The van der Waals surface area contributed by atoms with Gasteiger partial charge in [-0.05, 0) is 48.9 Å². The number of guanidine groups is 1. The van der Waals surface area contributed by atoms with Crippen LogP contribution < -0.4 is 16.0 Å². The van der Waals surface area contributed by atoms with Crippen LogP contribution in [0.15, 0.2) is 59.6 Å². The van der Waals surface area contributed by atoms with Crippen molar-refractivity contribution in [2.75, 3.05) is 26.7 Å². The van der Waals surface area contributed by atoms with Gasteiger partial charge in [-0.15, -0.1) is 24.0 Å². The minimum absolute atomic E-state index is 0. The number of hydrogen-bond acceptors (Lipinski definition) is 3. The summed E-state index contributed by atoms with van der Waals surface area (Å²) < 4.78 is 5.57. The Kier molecular flexibility index (Phi) is 8.92. The lowest BCUT2D eigenvalue weighted by atomic mass is 9.96. The van der Waals surface area contributed by atoms with E-state index < -0.39 is 0 Å². The molecule has 1 heterocycles. The van der Waals surface area contributed by atoms with Crippen molar-refractivity contribution in [2.45, 2.75) is 43.7 Å². The molecule has 32 heavy (non-hydrogen) atoms. The zero-order chi connectivity index (χ0) is 21.5. The van der Waals surface area contributed by atoms with Gasteiger partial charge in [-0.25, -0.2) is 0 Å². The Morgan fingerprint density at radius 3 is 2.59 bits per heavy atom. The third-order valence-electron chi connectivity index (χ3n) is 6.22. The maximum atomic E-state index is 12.5. The molecule has 7 heteroatoms. The van der Waals surface area contributed by atoms with Gasteiger partial charge in [0.05, 0.1) is 6.10 Å². The first-order valence-corrected chi connectivity index (χ1v) is 11.2. The highest BCUT2D eigenvalue weighted by atomic mass is 127. The first-order chi connectivity index (χ1) is 15.2. The number of aliphatic imine (C=N–C) groups is 1. The van der Waals surface area contributed by atoms with Crippen molar-refractivity contribution in [2.24, 2.45) is 4.99 Å². The molecule has 1 saturated heterocycles. The third-order valence-corrected chi connectivity index (χ3v) is 6.22. The number of benzene rings is 2. The minimum atomic E-state index is -0.0570. The lowest BCUT2D eigenvalue weighted by Crippen LogP contribution is -2.40. The van der Waals surface area contributed by atoms with Crippen LogP contribution in [0.5, 0.6) is 0 Å². The van der Waals surface area contributed by atoms with Gasteiger partial charge < -0.3 is 20.7 Å². The molecule has 1 amide bonds. The van der Waals surface area contributed by atoms with E-state index in [1.165, 1.54) is 18.4 Å². The van der Waals surface area contributed by atoms with Crippen molar-refractivity contribution in [1.29, 1.82) is 0 Å². The van der Waals surface area contributed by atoms with E-state index in [0.717, 1.165) is 37.5 Å². The van der Waals surface area contributed by atoms with Gasteiger partial charge in [0.1, 0.15) is 0 Å². The second-order valence-electron chi connectivity index (χ2n) is 8.47. The third kappa shape index (κ3) is 6.45. The molecule has 1 saturated carbocycles. The number of nitrogens with one attached hydrogen (secondary N) is 3. The fourth-order valence-corrected chi connectivity index (χ4v) is 4.11. The molecule has 1 aliphatic heterocycles. The smallest absolute Gasteiger partial charge is 0.251 e. The highest BCUT2D eigenvalue weighted by molar-refractivity contribution is 14.0. The molecular formula is C25H33IN4O2. The van der Waals surface area contributed by atoms with Crippen molar-refractivity contribution in [3.05, 3.63) is 71.3 Å². The molecule has 0 radical (unpaired) electrons. The quantitative estimate of drug-likeness (QED) is 0.268. The van der Waals surface area contributed by atoms with Crippen molar-refractivity contribution in [1.82, 2.24) is 16.0 Å². The van der Waals surface area contributed by atoms with Crippen LogP contribution in [0, 0.1) is 0 Å².